The van der Waals surface area contributed by atoms with Crippen molar-refractivity contribution < 1.29 is 23.1 Å². The molecule has 8 heteroatoms. The number of amides is 1. The van der Waals surface area contributed by atoms with Gasteiger partial charge in [-0.05, 0) is 23.8 Å². The van der Waals surface area contributed by atoms with Crippen LogP contribution in [0.3, 0.4) is 0 Å². The monoisotopic (exact) mass is 378 g/mol. The fourth-order valence-corrected chi connectivity index (χ4v) is 2.50. The lowest BCUT2D eigenvalue weighted by molar-refractivity contribution is -0.142. The fraction of sp³-hybridized carbons (Fsp3) is 0.316. The molecule has 0 aliphatic heterocycles. The summed E-state index contributed by atoms with van der Waals surface area (Å²) in [5, 5.41) is 0. The van der Waals surface area contributed by atoms with Gasteiger partial charge >= 0.3 is 5.97 Å². The van der Waals surface area contributed by atoms with Crippen LogP contribution in [-0.2, 0) is 27.4 Å². The number of aryl methyl sites for hydroxylation is 1. The Balaban J connectivity index is 2.08. The van der Waals surface area contributed by atoms with Gasteiger partial charge in [0.05, 0.1) is 13.5 Å². The quantitative estimate of drug-likeness (QED) is 0.660. The minimum Gasteiger partial charge on any atom is -0.469 e. The molecule has 1 heterocycles. The van der Waals surface area contributed by atoms with Crippen LogP contribution >= 0.6 is 0 Å². The lowest BCUT2D eigenvalue weighted by Gasteiger charge is -2.23. The normalized spacial score (nSPS) is 10.5. The van der Waals surface area contributed by atoms with Crippen molar-refractivity contribution in [3.8, 4) is 0 Å². The minimum atomic E-state index is -1.01. The standard InChI is InChI=1S/C19H20F2N2O4/c1-27-19(26)8-11-23(13-14-5-6-15(20)16(21)12-14)18(25)7-10-22-9-3-2-4-17(22)24/h2-6,9,12H,7-8,10-11,13H2,1H3. The van der Waals surface area contributed by atoms with Crippen molar-refractivity contribution in [2.75, 3.05) is 13.7 Å². The van der Waals surface area contributed by atoms with E-state index in [0.29, 0.717) is 5.56 Å². The third-order valence-corrected chi connectivity index (χ3v) is 3.99. The molecule has 27 heavy (non-hydrogen) atoms. The molecule has 144 valence electrons. The van der Waals surface area contributed by atoms with E-state index in [0.717, 1.165) is 12.1 Å². The van der Waals surface area contributed by atoms with Crippen LogP contribution in [0.25, 0.3) is 0 Å². The number of benzene rings is 1. The predicted octanol–water partition coefficient (Wildman–Crippen LogP) is 2.11. The number of pyridine rings is 1. The van der Waals surface area contributed by atoms with E-state index in [9.17, 15) is 23.2 Å². The molecule has 0 unspecified atom stereocenters. The average molecular weight is 378 g/mol. The minimum absolute atomic E-state index is 0.0106. The molecule has 0 bridgehead atoms. The maximum Gasteiger partial charge on any atom is 0.307 e. The molecule has 0 saturated carbocycles. The highest BCUT2D eigenvalue weighted by atomic mass is 19.2. The van der Waals surface area contributed by atoms with Crippen LogP contribution in [0.4, 0.5) is 8.78 Å². The van der Waals surface area contributed by atoms with Gasteiger partial charge in [0.15, 0.2) is 11.6 Å². The van der Waals surface area contributed by atoms with E-state index in [4.69, 9.17) is 0 Å². The topological polar surface area (TPSA) is 68.6 Å². The van der Waals surface area contributed by atoms with Gasteiger partial charge in [0.25, 0.3) is 5.56 Å². The second kappa shape index (κ2) is 9.61. The van der Waals surface area contributed by atoms with Crippen molar-refractivity contribution in [1.82, 2.24) is 9.47 Å². The van der Waals surface area contributed by atoms with Crippen molar-refractivity contribution in [3.63, 3.8) is 0 Å². The summed E-state index contributed by atoms with van der Waals surface area (Å²) in [7, 11) is 1.24. The van der Waals surface area contributed by atoms with Crippen molar-refractivity contribution in [1.29, 1.82) is 0 Å². The van der Waals surface area contributed by atoms with Gasteiger partial charge in [0.1, 0.15) is 0 Å². The van der Waals surface area contributed by atoms with Crippen LogP contribution in [-0.4, -0.2) is 35.0 Å². The van der Waals surface area contributed by atoms with E-state index in [2.05, 4.69) is 4.74 Å². The Morgan fingerprint density at radius 3 is 2.56 bits per heavy atom. The average Bonchev–Trinajstić information content (AvgIpc) is 2.66. The number of hydrogen-bond donors (Lipinski definition) is 0. The van der Waals surface area contributed by atoms with Gasteiger partial charge in [0.2, 0.25) is 5.91 Å². The van der Waals surface area contributed by atoms with Crippen LogP contribution < -0.4 is 5.56 Å². The summed E-state index contributed by atoms with van der Waals surface area (Å²) >= 11 is 0. The zero-order chi connectivity index (χ0) is 19.8. The molecule has 0 spiro atoms. The maximum atomic E-state index is 13.4. The molecule has 2 aromatic rings. The van der Waals surface area contributed by atoms with E-state index >= 15 is 0 Å². The zero-order valence-corrected chi connectivity index (χ0v) is 14.9. The molecular weight excluding hydrogens is 358 g/mol. The fourth-order valence-electron chi connectivity index (χ4n) is 2.50. The van der Waals surface area contributed by atoms with Crippen molar-refractivity contribution >= 4 is 11.9 Å². The number of carbonyl (C=O) groups is 2. The number of rotatable bonds is 8. The number of aromatic nitrogens is 1. The SMILES string of the molecule is COC(=O)CCN(Cc1ccc(F)c(F)c1)C(=O)CCn1ccccc1=O. The Kier molecular flexibility index (Phi) is 7.22. The first-order valence-corrected chi connectivity index (χ1v) is 8.34. The highest BCUT2D eigenvalue weighted by Gasteiger charge is 2.17. The Bertz CT molecular complexity index is 867. The second-order valence-electron chi connectivity index (χ2n) is 5.87. The Morgan fingerprint density at radius 1 is 1.11 bits per heavy atom. The van der Waals surface area contributed by atoms with Gasteiger partial charge in [-0.1, -0.05) is 12.1 Å². The lowest BCUT2D eigenvalue weighted by Crippen LogP contribution is -2.34. The molecule has 0 aliphatic rings. The van der Waals surface area contributed by atoms with Gasteiger partial charge in [-0.3, -0.25) is 14.4 Å². The highest BCUT2D eigenvalue weighted by Crippen LogP contribution is 2.12. The van der Waals surface area contributed by atoms with Gasteiger partial charge in [-0.25, -0.2) is 8.78 Å². The van der Waals surface area contributed by atoms with Crippen LogP contribution in [0.15, 0.2) is 47.4 Å². The number of methoxy groups -OCH3 is 1. The highest BCUT2D eigenvalue weighted by molar-refractivity contribution is 5.77. The van der Waals surface area contributed by atoms with Gasteiger partial charge in [-0.15, -0.1) is 0 Å². The summed E-state index contributed by atoms with van der Waals surface area (Å²) in [5.74, 6) is -2.80. The van der Waals surface area contributed by atoms with E-state index in [-0.39, 0.29) is 43.9 Å². The summed E-state index contributed by atoms with van der Waals surface area (Å²) in [4.78, 5) is 37.0. The molecule has 0 atom stereocenters. The number of carbonyl (C=O) groups excluding carboxylic acids is 2. The third-order valence-electron chi connectivity index (χ3n) is 3.99. The van der Waals surface area contributed by atoms with Crippen LogP contribution in [0.2, 0.25) is 0 Å². The summed E-state index contributed by atoms with van der Waals surface area (Å²) in [6, 6.07) is 8.04. The van der Waals surface area contributed by atoms with E-state index < -0.39 is 17.6 Å². The summed E-state index contributed by atoms with van der Waals surface area (Å²) < 4.78 is 32.5. The molecule has 0 radical (unpaired) electrons. The second-order valence-corrected chi connectivity index (χ2v) is 5.87. The lowest BCUT2D eigenvalue weighted by atomic mass is 10.2. The molecule has 1 amide bonds. The number of esters is 1. The van der Waals surface area contributed by atoms with Crippen molar-refractivity contribution in [3.05, 3.63) is 70.1 Å². The molecule has 0 saturated heterocycles. The smallest absolute Gasteiger partial charge is 0.307 e. The van der Waals surface area contributed by atoms with Gasteiger partial charge in [0, 0.05) is 38.3 Å². The van der Waals surface area contributed by atoms with Gasteiger partial charge < -0.3 is 14.2 Å². The summed E-state index contributed by atoms with van der Waals surface area (Å²) in [6.07, 6.45) is 1.57. The van der Waals surface area contributed by atoms with E-state index in [1.807, 2.05) is 0 Å². The van der Waals surface area contributed by atoms with E-state index in [1.54, 1.807) is 18.3 Å². The molecular formula is C19H20F2N2O4. The largest absolute Gasteiger partial charge is 0.469 e. The Morgan fingerprint density at radius 2 is 1.89 bits per heavy atom. The molecule has 1 aromatic heterocycles. The zero-order valence-electron chi connectivity index (χ0n) is 14.9. The Labute approximate surface area is 155 Å². The van der Waals surface area contributed by atoms with Crippen molar-refractivity contribution in [2.24, 2.45) is 0 Å². The summed E-state index contributed by atoms with van der Waals surface area (Å²) in [5.41, 5.74) is 0.163. The Hall–Kier alpha value is -3.03. The first-order valence-electron chi connectivity index (χ1n) is 8.34. The van der Waals surface area contributed by atoms with Crippen LogP contribution in [0, 0.1) is 11.6 Å². The third kappa shape index (κ3) is 6.02. The van der Waals surface area contributed by atoms with E-state index in [1.165, 1.54) is 28.7 Å². The summed E-state index contributed by atoms with van der Waals surface area (Å²) in [6.45, 7) is 0.246. The molecule has 2 rings (SSSR count). The first-order chi connectivity index (χ1) is 12.9. The molecule has 0 fully saturated rings. The molecule has 0 N–H and O–H groups in total. The molecule has 0 aliphatic carbocycles. The number of hydrogen-bond acceptors (Lipinski definition) is 4. The predicted molar refractivity (Wildman–Crippen MR) is 93.7 cm³/mol. The maximum absolute atomic E-state index is 13.4. The molecule has 1 aromatic carbocycles. The number of ether oxygens (including phenoxy) is 1. The van der Waals surface area contributed by atoms with Crippen LogP contribution in [0.1, 0.15) is 18.4 Å². The first kappa shape index (κ1) is 20.3. The van der Waals surface area contributed by atoms with Gasteiger partial charge in [-0.2, -0.15) is 0 Å². The molecule has 6 nitrogen and oxygen atoms in total. The number of nitrogens with zero attached hydrogens (tertiary/aromatic N) is 2. The van der Waals surface area contributed by atoms with Crippen LogP contribution in [0.5, 0.6) is 0 Å². The number of halogens is 2. The van der Waals surface area contributed by atoms with Crippen molar-refractivity contribution in [2.45, 2.75) is 25.9 Å².